The lowest BCUT2D eigenvalue weighted by Crippen LogP contribution is -2.09. The van der Waals surface area contributed by atoms with Crippen LogP contribution in [0.1, 0.15) is 37.8 Å². The Balaban J connectivity index is 2.34. The lowest BCUT2D eigenvalue weighted by Gasteiger charge is -2.20. The van der Waals surface area contributed by atoms with Gasteiger partial charge in [-0.2, -0.15) is 0 Å². The zero-order valence-corrected chi connectivity index (χ0v) is 10.1. The minimum Gasteiger partial charge on any atom is -0.359 e. The molecule has 0 atom stereocenters. The van der Waals surface area contributed by atoms with E-state index in [2.05, 4.69) is 50.0 Å². The summed E-state index contributed by atoms with van der Waals surface area (Å²) in [6, 6.07) is 6.69. The standard InChI is InChI=1S/C15H19N/c1-4-5-11(2)14-9-8-13-7-6-12(3)16-15(13)10-14/h5,8-10,16H,3-4,6-7H2,1-2H3/b11-5-. The Labute approximate surface area is 97.9 Å². The molecule has 2 rings (SSSR count). The summed E-state index contributed by atoms with van der Waals surface area (Å²) < 4.78 is 0. The molecule has 0 fully saturated rings. The third-order valence-corrected chi connectivity index (χ3v) is 3.08. The largest absolute Gasteiger partial charge is 0.359 e. The SMILES string of the molecule is C=C1CCc2ccc(/C(C)=C\CC)cc2N1. The van der Waals surface area contributed by atoms with Crippen molar-refractivity contribution in [1.82, 2.24) is 0 Å². The minimum absolute atomic E-state index is 1.05. The molecule has 1 aromatic rings. The molecule has 84 valence electrons. The summed E-state index contributed by atoms with van der Waals surface area (Å²) in [5, 5.41) is 3.38. The van der Waals surface area contributed by atoms with Crippen molar-refractivity contribution in [2.45, 2.75) is 33.1 Å². The number of benzene rings is 1. The Hall–Kier alpha value is -1.50. The molecular formula is C15H19N. The van der Waals surface area contributed by atoms with Gasteiger partial charge in [-0.05, 0) is 49.0 Å². The van der Waals surface area contributed by atoms with Crippen LogP contribution in [0.4, 0.5) is 5.69 Å². The highest BCUT2D eigenvalue weighted by atomic mass is 14.9. The van der Waals surface area contributed by atoms with Crippen LogP contribution in [0.25, 0.3) is 5.57 Å². The highest BCUT2D eigenvalue weighted by molar-refractivity contribution is 5.70. The number of aryl methyl sites for hydroxylation is 1. The zero-order valence-electron chi connectivity index (χ0n) is 10.1. The average Bonchev–Trinajstić information content (AvgIpc) is 2.28. The summed E-state index contributed by atoms with van der Waals surface area (Å²) in [5.41, 5.74) is 6.42. The second kappa shape index (κ2) is 4.56. The van der Waals surface area contributed by atoms with Crippen LogP contribution < -0.4 is 5.32 Å². The normalized spacial score (nSPS) is 15.6. The van der Waals surface area contributed by atoms with Gasteiger partial charge in [-0.25, -0.2) is 0 Å². The molecule has 1 aliphatic rings. The Morgan fingerprint density at radius 3 is 3.00 bits per heavy atom. The predicted molar refractivity (Wildman–Crippen MR) is 71.5 cm³/mol. The van der Waals surface area contributed by atoms with Gasteiger partial charge in [0.25, 0.3) is 0 Å². The fourth-order valence-electron chi connectivity index (χ4n) is 2.12. The summed E-state index contributed by atoms with van der Waals surface area (Å²) >= 11 is 0. The molecule has 0 spiro atoms. The highest BCUT2D eigenvalue weighted by Gasteiger charge is 2.11. The molecule has 1 nitrogen and oxygen atoms in total. The van der Waals surface area contributed by atoms with Gasteiger partial charge < -0.3 is 5.32 Å². The Kier molecular flexibility index (Phi) is 3.14. The smallest absolute Gasteiger partial charge is 0.0420 e. The highest BCUT2D eigenvalue weighted by Crippen LogP contribution is 2.29. The van der Waals surface area contributed by atoms with Gasteiger partial charge in [0.2, 0.25) is 0 Å². The van der Waals surface area contributed by atoms with Gasteiger partial charge in [0.05, 0.1) is 0 Å². The number of hydrogen-bond donors (Lipinski definition) is 1. The predicted octanol–water partition coefficient (Wildman–Crippen LogP) is 4.37. The number of anilines is 1. The molecular weight excluding hydrogens is 194 g/mol. The monoisotopic (exact) mass is 213 g/mol. The quantitative estimate of drug-likeness (QED) is 0.769. The molecule has 0 unspecified atom stereocenters. The first kappa shape index (κ1) is 11.0. The minimum atomic E-state index is 1.05. The molecule has 0 bridgehead atoms. The first-order valence-electron chi connectivity index (χ1n) is 5.95. The summed E-state index contributed by atoms with van der Waals surface area (Å²) in [7, 11) is 0. The fourth-order valence-corrected chi connectivity index (χ4v) is 2.12. The third-order valence-electron chi connectivity index (χ3n) is 3.08. The van der Waals surface area contributed by atoms with E-state index in [1.807, 2.05) is 0 Å². The van der Waals surface area contributed by atoms with Gasteiger partial charge in [-0.15, -0.1) is 0 Å². The van der Waals surface area contributed by atoms with Gasteiger partial charge in [0, 0.05) is 11.4 Å². The van der Waals surface area contributed by atoms with Crippen LogP contribution in [0.15, 0.2) is 36.6 Å². The van der Waals surface area contributed by atoms with Gasteiger partial charge in [-0.3, -0.25) is 0 Å². The van der Waals surface area contributed by atoms with Crippen molar-refractivity contribution < 1.29 is 0 Å². The number of hydrogen-bond acceptors (Lipinski definition) is 1. The van der Waals surface area contributed by atoms with Gasteiger partial charge >= 0.3 is 0 Å². The molecule has 0 saturated carbocycles. The first-order valence-corrected chi connectivity index (χ1v) is 5.95. The molecule has 0 aliphatic carbocycles. The fraction of sp³-hybridized carbons (Fsp3) is 0.333. The van der Waals surface area contributed by atoms with Gasteiger partial charge in [-0.1, -0.05) is 31.7 Å². The third kappa shape index (κ3) is 2.19. The molecule has 0 radical (unpaired) electrons. The van der Waals surface area contributed by atoms with Crippen LogP contribution in [0.3, 0.4) is 0 Å². The molecule has 16 heavy (non-hydrogen) atoms. The second-order valence-electron chi connectivity index (χ2n) is 4.40. The van der Waals surface area contributed by atoms with Crippen LogP contribution in [-0.4, -0.2) is 0 Å². The van der Waals surface area contributed by atoms with Crippen molar-refractivity contribution in [2.75, 3.05) is 5.32 Å². The topological polar surface area (TPSA) is 12.0 Å². The molecule has 0 aromatic heterocycles. The van der Waals surface area contributed by atoms with Crippen LogP contribution in [-0.2, 0) is 6.42 Å². The van der Waals surface area contributed by atoms with Crippen molar-refractivity contribution in [1.29, 1.82) is 0 Å². The van der Waals surface area contributed by atoms with E-state index >= 15 is 0 Å². The van der Waals surface area contributed by atoms with E-state index in [9.17, 15) is 0 Å². The Morgan fingerprint density at radius 2 is 2.25 bits per heavy atom. The van der Waals surface area contributed by atoms with Crippen LogP contribution in [0.5, 0.6) is 0 Å². The van der Waals surface area contributed by atoms with Gasteiger partial charge in [0.1, 0.15) is 0 Å². The van der Waals surface area contributed by atoms with E-state index in [0.717, 1.165) is 25.0 Å². The van der Waals surface area contributed by atoms with Crippen molar-refractivity contribution in [2.24, 2.45) is 0 Å². The van der Waals surface area contributed by atoms with E-state index in [4.69, 9.17) is 0 Å². The van der Waals surface area contributed by atoms with E-state index in [-0.39, 0.29) is 0 Å². The molecule has 1 N–H and O–H groups in total. The first-order chi connectivity index (χ1) is 7.70. The Morgan fingerprint density at radius 1 is 1.44 bits per heavy atom. The molecule has 0 saturated heterocycles. The molecule has 0 amide bonds. The van der Waals surface area contributed by atoms with E-state index in [1.165, 1.54) is 22.4 Å². The van der Waals surface area contributed by atoms with Gasteiger partial charge in [0.15, 0.2) is 0 Å². The number of rotatable bonds is 2. The van der Waals surface area contributed by atoms with Crippen LogP contribution in [0.2, 0.25) is 0 Å². The van der Waals surface area contributed by atoms with E-state index < -0.39 is 0 Å². The van der Waals surface area contributed by atoms with E-state index in [1.54, 1.807) is 0 Å². The molecule has 1 aliphatic heterocycles. The van der Waals surface area contributed by atoms with Crippen molar-refractivity contribution >= 4 is 11.3 Å². The van der Waals surface area contributed by atoms with Crippen LogP contribution in [0, 0.1) is 0 Å². The van der Waals surface area contributed by atoms with Crippen LogP contribution >= 0.6 is 0 Å². The second-order valence-corrected chi connectivity index (χ2v) is 4.40. The summed E-state index contributed by atoms with van der Waals surface area (Å²) in [5.74, 6) is 0. The Bertz CT molecular complexity index is 441. The van der Waals surface area contributed by atoms with Crippen molar-refractivity contribution in [3.63, 3.8) is 0 Å². The van der Waals surface area contributed by atoms with E-state index in [0.29, 0.717) is 0 Å². The zero-order chi connectivity index (χ0) is 11.5. The number of nitrogens with one attached hydrogen (secondary N) is 1. The summed E-state index contributed by atoms with van der Waals surface area (Å²) in [6.07, 6.45) is 5.51. The lowest BCUT2D eigenvalue weighted by molar-refractivity contribution is 0.918. The maximum atomic E-state index is 4.00. The molecule has 1 heteroatoms. The maximum Gasteiger partial charge on any atom is 0.0420 e. The average molecular weight is 213 g/mol. The van der Waals surface area contributed by atoms with Crippen molar-refractivity contribution in [3.05, 3.63) is 47.7 Å². The molecule has 1 heterocycles. The lowest BCUT2D eigenvalue weighted by atomic mass is 9.97. The molecule has 1 aromatic carbocycles. The number of allylic oxidation sites excluding steroid dienone is 3. The number of fused-ring (bicyclic) bond motifs is 1. The summed E-state index contributed by atoms with van der Waals surface area (Å²) in [4.78, 5) is 0. The van der Waals surface area contributed by atoms with Crippen molar-refractivity contribution in [3.8, 4) is 0 Å². The summed E-state index contributed by atoms with van der Waals surface area (Å²) in [6.45, 7) is 8.34. The maximum absolute atomic E-state index is 4.00.